The van der Waals surface area contributed by atoms with Gasteiger partial charge in [-0.1, -0.05) is 27.2 Å². The number of halogens is 6. The van der Waals surface area contributed by atoms with E-state index in [-0.39, 0.29) is 49.3 Å². The van der Waals surface area contributed by atoms with E-state index in [9.17, 15) is 13.6 Å². The van der Waals surface area contributed by atoms with E-state index in [4.69, 9.17) is 4.74 Å². The number of thiophene rings is 2. The van der Waals surface area contributed by atoms with E-state index in [2.05, 4.69) is 6.92 Å². The molecule has 2 aromatic heterocycles. The molecule has 0 saturated heterocycles. The molecule has 3 atom stereocenters. The summed E-state index contributed by atoms with van der Waals surface area (Å²) in [5.74, 6) is -16.0. The van der Waals surface area contributed by atoms with E-state index in [0.717, 1.165) is 35.5 Å². The monoisotopic (exact) mass is 592 g/mol. The minimum Gasteiger partial charge on any atom is -0.458 e. The molecule has 0 bridgehead atoms. The zero-order chi connectivity index (χ0) is 29.4. The molecule has 216 valence electrons. The number of ether oxygens (including phenoxy) is 1. The summed E-state index contributed by atoms with van der Waals surface area (Å²) in [6.07, 6.45) is 2.18. The molecule has 1 fully saturated rings. The van der Waals surface area contributed by atoms with E-state index in [1.807, 2.05) is 13.8 Å². The normalized spacial score (nSPS) is 26.0. The highest BCUT2D eigenvalue weighted by Crippen LogP contribution is 2.66. The lowest BCUT2D eigenvalue weighted by molar-refractivity contribution is -0.254. The Balaban J connectivity index is 1.89. The maximum atomic E-state index is 15.5. The van der Waals surface area contributed by atoms with Gasteiger partial charge in [0.25, 0.3) is 0 Å². The van der Waals surface area contributed by atoms with Crippen molar-refractivity contribution in [3.05, 3.63) is 41.8 Å². The van der Waals surface area contributed by atoms with Gasteiger partial charge in [0.2, 0.25) is 0 Å². The van der Waals surface area contributed by atoms with Crippen molar-refractivity contribution in [2.24, 2.45) is 17.8 Å². The summed E-state index contributed by atoms with van der Waals surface area (Å²) in [6.45, 7) is 13.5. The molecule has 2 heterocycles. The van der Waals surface area contributed by atoms with Crippen LogP contribution in [-0.4, -0.2) is 29.8 Å². The molecule has 0 N–H and O–H groups in total. The van der Waals surface area contributed by atoms with Crippen LogP contribution in [0.2, 0.25) is 0 Å². The van der Waals surface area contributed by atoms with Crippen LogP contribution in [0.25, 0.3) is 11.1 Å². The van der Waals surface area contributed by atoms with Crippen LogP contribution in [0.4, 0.5) is 26.3 Å². The Morgan fingerprint density at radius 2 is 1.33 bits per heavy atom. The molecule has 1 saturated carbocycles. The third-order valence-electron chi connectivity index (χ3n) is 8.46. The molecule has 2 aliphatic carbocycles. The van der Waals surface area contributed by atoms with Gasteiger partial charge in [0.1, 0.15) is 11.0 Å². The molecule has 0 aromatic carbocycles. The number of esters is 1. The van der Waals surface area contributed by atoms with Crippen molar-refractivity contribution in [2.45, 2.75) is 98.5 Å². The first-order valence-corrected chi connectivity index (χ1v) is 14.8. The first kappa shape index (κ1) is 30.2. The van der Waals surface area contributed by atoms with Gasteiger partial charge < -0.3 is 4.74 Å². The van der Waals surface area contributed by atoms with Crippen LogP contribution in [0.15, 0.2) is 0 Å². The second-order valence-electron chi connectivity index (χ2n) is 11.4. The Kier molecular flexibility index (Phi) is 7.68. The standard InChI is InChI=1S/C29H34F6O2S2/c1-12(2)19-10-9-13(3)11-20(19)37-26(36)25-15(5)22(18(8)39-25)24-23(21-14(4)16(6)38-17(21)7)27(30,31)29(34,35)28(24,32)33/h12-13,19-20H,9-11H2,1-8H3/t13-,19+,20-/m1/s1. The third-order valence-corrected chi connectivity index (χ3v) is 10.8. The molecule has 4 rings (SSSR count). The fourth-order valence-electron chi connectivity index (χ4n) is 6.21. The molecular weight excluding hydrogens is 558 g/mol. The summed E-state index contributed by atoms with van der Waals surface area (Å²) < 4.78 is 97.5. The minimum absolute atomic E-state index is 0.0284. The minimum atomic E-state index is -5.65. The van der Waals surface area contributed by atoms with Crippen molar-refractivity contribution in [3.63, 3.8) is 0 Å². The van der Waals surface area contributed by atoms with Crippen LogP contribution in [0, 0.1) is 52.4 Å². The molecule has 2 aromatic rings. The lowest BCUT2D eigenvalue weighted by atomic mass is 9.75. The third kappa shape index (κ3) is 4.48. The molecular formula is C29H34F6O2S2. The quantitative estimate of drug-likeness (QED) is 0.255. The Labute approximate surface area is 233 Å². The van der Waals surface area contributed by atoms with Crippen LogP contribution in [0.1, 0.15) is 86.6 Å². The summed E-state index contributed by atoms with van der Waals surface area (Å²) in [5, 5.41) is 0. The number of hydrogen-bond donors (Lipinski definition) is 0. The zero-order valence-corrected chi connectivity index (χ0v) is 25.0. The van der Waals surface area contributed by atoms with Gasteiger partial charge in [0.15, 0.2) is 0 Å². The number of carbonyl (C=O) groups excluding carboxylic acids is 1. The fraction of sp³-hybridized carbons (Fsp3) is 0.621. The molecule has 39 heavy (non-hydrogen) atoms. The predicted molar refractivity (Wildman–Crippen MR) is 145 cm³/mol. The number of allylic oxidation sites excluding steroid dienone is 2. The summed E-state index contributed by atoms with van der Waals surface area (Å²) in [5.41, 5.74) is -3.26. The van der Waals surface area contributed by atoms with Gasteiger partial charge in [-0.3, -0.25) is 0 Å². The predicted octanol–water partition coefficient (Wildman–Crippen LogP) is 9.80. The average Bonchev–Trinajstić information content (AvgIpc) is 3.27. The van der Waals surface area contributed by atoms with Crippen molar-refractivity contribution in [1.82, 2.24) is 0 Å². The van der Waals surface area contributed by atoms with E-state index in [1.54, 1.807) is 6.92 Å². The number of hydrogen-bond acceptors (Lipinski definition) is 4. The van der Waals surface area contributed by atoms with Crippen LogP contribution in [0.5, 0.6) is 0 Å². The van der Waals surface area contributed by atoms with Crippen LogP contribution in [0.3, 0.4) is 0 Å². The summed E-state index contributed by atoms with van der Waals surface area (Å²) in [4.78, 5) is 14.2. The lowest BCUT2D eigenvalue weighted by Crippen LogP contribution is -2.49. The topological polar surface area (TPSA) is 26.3 Å². The molecule has 2 nitrogen and oxygen atoms in total. The van der Waals surface area contributed by atoms with Gasteiger partial charge in [-0.2, -0.15) is 26.3 Å². The lowest BCUT2D eigenvalue weighted by Gasteiger charge is -2.36. The molecule has 0 amide bonds. The fourth-order valence-corrected chi connectivity index (χ4v) is 8.33. The van der Waals surface area contributed by atoms with Gasteiger partial charge in [0.05, 0.1) is 0 Å². The molecule has 0 radical (unpaired) electrons. The summed E-state index contributed by atoms with van der Waals surface area (Å²) in [7, 11) is 0. The first-order valence-electron chi connectivity index (χ1n) is 13.1. The smallest absolute Gasteiger partial charge is 0.380 e. The van der Waals surface area contributed by atoms with Crippen molar-refractivity contribution >= 4 is 39.8 Å². The van der Waals surface area contributed by atoms with Gasteiger partial charge in [-0.15, -0.1) is 22.7 Å². The van der Waals surface area contributed by atoms with Crippen LogP contribution < -0.4 is 0 Å². The maximum Gasteiger partial charge on any atom is 0.380 e. The van der Waals surface area contributed by atoms with Crippen molar-refractivity contribution in [1.29, 1.82) is 0 Å². The Hall–Kier alpha value is -1.81. The molecule has 10 heteroatoms. The van der Waals surface area contributed by atoms with Gasteiger partial charge in [-0.05, 0) is 76.3 Å². The Morgan fingerprint density at radius 1 is 0.821 bits per heavy atom. The highest BCUT2D eigenvalue weighted by molar-refractivity contribution is 7.14. The number of carbonyl (C=O) groups is 1. The summed E-state index contributed by atoms with van der Waals surface area (Å²) in [6, 6.07) is 0. The van der Waals surface area contributed by atoms with E-state index in [0.29, 0.717) is 17.2 Å². The van der Waals surface area contributed by atoms with Crippen molar-refractivity contribution in [2.75, 3.05) is 0 Å². The largest absolute Gasteiger partial charge is 0.458 e. The van der Waals surface area contributed by atoms with E-state index >= 15 is 17.6 Å². The van der Waals surface area contributed by atoms with Gasteiger partial charge in [-0.25, -0.2) is 4.79 Å². The molecule has 2 aliphatic rings. The number of alkyl halides is 6. The number of rotatable bonds is 5. The second-order valence-corrected chi connectivity index (χ2v) is 14.1. The van der Waals surface area contributed by atoms with E-state index < -0.39 is 40.4 Å². The molecule has 0 spiro atoms. The van der Waals surface area contributed by atoms with Gasteiger partial charge >= 0.3 is 23.7 Å². The van der Waals surface area contributed by atoms with Crippen molar-refractivity contribution in [3.8, 4) is 0 Å². The van der Waals surface area contributed by atoms with Crippen LogP contribution in [-0.2, 0) is 4.74 Å². The SMILES string of the molecule is Cc1sc(C)c(C2=C(c3c(C)sc(C(=O)O[C@@H]4C[C@H](C)CC[C@H]4C(C)C)c3C)C(F)(F)C(F)(F)C2(F)F)c1C. The maximum absolute atomic E-state index is 15.5. The van der Waals surface area contributed by atoms with Crippen LogP contribution >= 0.6 is 22.7 Å². The molecule has 0 unspecified atom stereocenters. The average molecular weight is 593 g/mol. The molecule has 0 aliphatic heterocycles. The Morgan fingerprint density at radius 3 is 1.82 bits per heavy atom. The summed E-state index contributed by atoms with van der Waals surface area (Å²) >= 11 is 1.91. The number of aryl methyl sites for hydroxylation is 3. The van der Waals surface area contributed by atoms with Crippen molar-refractivity contribution < 1.29 is 35.9 Å². The zero-order valence-electron chi connectivity index (χ0n) is 23.3. The Bertz CT molecular complexity index is 1330. The second kappa shape index (κ2) is 9.93. The van der Waals surface area contributed by atoms with E-state index in [1.165, 1.54) is 27.7 Å². The highest BCUT2D eigenvalue weighted by atomic mass is 32.1. The van der Waals surface area contributed by atoms with Gasteiger partial charge in [0, 0.05) is 36.9 Å². The highest BCUT2D eigenvalue weighted by Gasteiger charge is 2.80. The first-order chi connectivity index (χ1) is 17.9.